The summed E-state index contributed by atoms with van der Waals surface area (Å²) in [6.45, 7) is 1.49. The highest BCUT2D eigenvalue weighted by molar-refractivity contribution is 5.92. The number of ether oxygens (including phenoxy) is 1. The number of likely N-dealkylation sites (N-methyl/N-ethyl adjacent to an activating group) is 1. The molecule has 114 valence electrons. The smallest absolute Gasteiger partial charge is 0.228 e. The van der Waals surface area contributed by atoms with E-state index in [4.69, 9.17) is 4.74 Å². The van der Waals surface area contributed by atoms with Gasteiger partial charge in [0.1, 0.15) is 18.2 Å². The fourth-order valence-electron chi connectivity index (χ4n) is 2.43. The van der Waals surface area contributed by atoms with Gasteiger partial charge in [-0.25, -0.2) is 4.39 Å². The molecule has 0 spiro atoms. The summed E-state index contributed by atoms with van der Waals surface area (Å²) in [6.07, 6.45) is 0.206. The van der Waals surface area contributed by atoms with Crippen LogP contribution in [0, 0.1) is 5.82 Å². The lowest BCUT2D eigenvalue weighted by atomic mass is 10.1. The number of nitrogens with one attached hydrogen (secondary N) is 1. The first-order chi connectivity index (χ1) is 10.6. The Morgan fingerprint density at radius 3 is 2.82 bits per heavy atom. The van der Waals surface area contributed by atoms with Gasteiger partial charge >= 0.3 is 0 Å². The van der Waals surface area contributed by atoms with Crippen LogP contribution in [0.3, 0.4) is 0 Å². The van der Waals surface area contributed by atoms with Gasteiger partial charge in [0.15, 0.2) is 0 Å². The highest BCUT2D eigenvalue weighted by Gasteiger charge is 2.15. The number of benzene rings is 2. The largest absolute Gasteiger partial charge is 0.489 e. The number of carbonyl (C=O) groups is 1. The topological polar surface area (TPSA) is 41.6 Å². The molecule has 4 nitrogen and oxygen atoms in total. The molecule has 1 amide bonds. The molecule has 0 unspecified atom stereocenters. The van der Waals surface area contributed by atoms with Crippen molar-refractivity contribution >= 4 is 17.3 Å². The minimum absolute atomic E-state index is 0.143. The zero-order chi connectivity index (χ0) is 15.5. The van der Waals surface area contributed by atoms with Gasteiger partial charge in [-0.1, -0.05) is 12.1 Å². The van der Waals surface area contributed by atoms with Crippen molar-refractivity contribution in [2.24, 2.45) is 0 Å². The Morgan fingerprint density at radius 2 is 2.05 bits per heavy atom. The van der Waals surface area contributed by atoms with E-state index in [1.54, 1.807) is 12.1 Å². The second kappa shape index (κ2) is 6.05. The molecular weight excluding hydrogens is 283 g/mol. The van der Waals surface area contributed by atoms with Gasteiger partial charge in [-0.05, 0) is 29.8 Å². The summed E-state index contributed by atoms with van der Waals surface area (Å²) in [5, 5.41) is 2.84. The quantitative estimate of drug-likeness (QED) is 0.947. The van der Waals surface area contributed by atoms with Gasteiger partial charge in [-0.3, -0.25) is 4.79 Å². The third-order valence-corrected chi connectivity index (χ3v) is 3.62. The summed E-state index contributed by atoms with van der Waals surface area (Å²) in [7, 11) is 2.01. The Labute approximate surface area is 128 Å². The predicted octanol–water partition coefficient (Wildman–Crippen LogP) is 2.84. The number of hydrogen-bond donors (Lipinski definition) is 1. The number of anilines is 2. The zero-order valence-electron chi connectivity index (χ0n) is 12.3. The van der Waals surface area contributed by atoms with Crippen LogP contribution in [0.15, 0.2) is 42.5 Å². The third-order valence-electron chi connectivity index (χ3n) is 3.62. The maximum atomic E-state index is 12.8. The van der Waals surface area contributed by atoms with E-state index >= 15 is 0 Å². The van der Waals surface area contributed by atoms with Gasteiger partial charge in [-0.15, -0.1) is 0 Å². The zero-order valence-corrected chi connectivity index (χ0v) is 12.3. The summed E-state index contributed by atoms with van der Waals surface area (Å²) < 4.78 is 18.5. The molecule has 3 rings (SSSR count). The fourth-order valence-corrected chi connectivity index (χ4v) is 2.43. The lowest BCUT2D eigenvalue weighted by Gasteiger charge is -2.27. The fraction of sp³-hybridized carbons (Fsp3) is 0.235. The second-order valence-corrected chi connectivity index (χ2v) is 5.30. The molecule has 0 aliphatic carbocycles. The molecule has 1 N–H and O–H groups in total. The molecule has 0 atom stereocenters. The van der Waals surface area contributed by atoms with Gasteiger partial charge in [0.2, 0.25) is 5.91 Å². The van der Waals surface area contributed by atoms with Gasteiger partial charge in [0, 0.05) is 18.8 Å². The number of nitrogens with zero attached hydrogens (tertiary/aromatic N) is 1. The van der Waals surface area contributed by atoms with Crippen molar-refractivity contribution in [2.45, 2.75) is 6.42 Å². The molecule has 1 aliphatic heterocycles. The van der Waals surface area contributed by atoms with Crippen LogP contribution in [0.25, 0.3) is 0 Å². The molecule has 0 saturated heterocycles. The van der Waals surface area contributed by atoms with Gasteiger partial charge in [0.25, 0.3) is 0 Å². The van der Waals surface area contributed by atoms with Crippen molar-refractivity contribution in [2.75, 3.05) is 30.4 Å². The number of fused-ring (bicyclic) bond motifs is 1. The summed E-state index contributed by atoms with van der Waals surface area (Å²) in [5.74, 6) is 0.323. The third kappa shape index (κ3) is 3.19. The highest BCUT2D eigenvalue weighted by atomic mass is 19.1. The lowest BCUT2D eigenvalue weighted by Crippen LogP contribution is -2.28. The number of halogens is 1. The van der Waals surface area contributed by atoms with Crippen molar-refractivity contribution < 1.29 is 13.9 Å². The van der Waals surface area contributed by atoms with Gasteiger partial charge < -0.3 is 15.0 Å². The summed E-state index contributed by atoms with van der Waals surface area (Å²) >= 11 is 0. The van der Waals surface area contributed by atoms with Crippen LogP contribution < -0.4 is 15.0 Å². The van der Waals surface area contributed by atoms with Crippen molar-refractivity contribution in [1.82, 2.24) is 0 Å². The van der Waals surface area contributed by atoms with E-state index < -0.39 is 0 Å². The van der Waals surface area contributed by atoms with Crippen LogP contribution in [0.4, 0.5) is 15.8 Å². The predicted molar refractivity (Wildman–Crippen MR) is 83.9 cm³/mol. The SMILES string of the molecule is CN1CCOc2cc(NC(=O)Cc3ccc(F)cc3)ccc21. The minimum atomic E-state index is -0.305. The van der Waals surface area contributed by atoms with E-state index in [-0.39, 0.29) is 18.1 Å². The number of amides is 1. The van der Waals surface area contributed by atoms with Crippen LogP contribution in [-0.4, -0.2) is 26.1 Å². The highest BCUT2D eigenvalue weighted by Crippen LogP contribution is 2.33. The molecule has 0 aromatic heterocycles. The molecule has 1 aliphatic rings. The summed E-state index contributed by atoms with van der Waals surface area (Å²) in [5.41, 5.74) is 2.48. The maximum absolute atomic E-state index is 12.8. The average Bonchev–Trinajstić information content (AvgIpc) is 2.50. The molecule has 0 fully saturated rings. The molecule has 2 aromatic carbocycles. The van der Waals surface area contributed by atoms with Crippen molar-refractivity contribution in [3.63, 3.8) is 0 Å². The normalized spacial score (nSPS) is 13.3. The molecular formula is C17H17FN2O2. The molecule has 2 aromatic rings. The summed E-state index contributed by atoms with van der Waals surface area (Å²) in [4.78, 5) is 14.2. The van der Waals surface area contributed by atoms with Crippen LogP contribution in [0.2, 0.25) is 0 Å². The molecule has 5 heteroatoms. The molecule has 0 saturated carbocycles. The van der Waals surface area contributed by atoms with E-state index in [1.165, 1.54) is 12.1 Å². The number of hydrogen-bond acceptors (Lipinski definition) is 3. The van der Waals surface area contributed by atoms with Crippen LogP contribution in [0.5, 0.6) is 5.75 Å². The van der Waals surface area contributed by atoms with Crippen molar-refractivity contribution in [3.05, 3.63) is 53.8 Å². The molecule has 0 radical (unpaired) electrons. The second-order valence-electron chi connectivity index (χ2n) is 5.30. The first-order valence-corrected chi connectivity index (χ1v) is 7.14. The first kappa shape index (κ1) is 14.4. The maximum Gasteiger partial charge on any atom is 0.228 e. The van der Waals surface area contributed by atoms with Crippen molar-refractivity contribution in [1.29, 1.82) is 0 Å². The Bertz CT molecular complexity index is 686. The van der Waals surface area contributed by atoms with Crippen LogP contribution >= 0.6 is 0 Å². The van der Waals surface area contributed by atoms with E-state index in [1.807, 2.05) is 25.2 Å². The van der Waals surface area contributed by atoms with Gasteiger partial charge in [-0.2, -0.15) is 0 Å². The first-order valence-electron chi connectivity index (χ1n) is 7.14. The Kier molecular flexibility index (Phi) is 3.96. The van der Waals surface area contributed by atoms with E-state index in [0.29, 0.717) is 12.3 Å². The lowest BCUT2D eigenvalue weighted by molar-refractivity contribution is -0.115. The monoisotopic (exact) mass is 300 g/mol. The Hall–Kier alpha value is -2.56. The minimum Gasteiger partial charge on any atom is -0.489 e. The number of rotatable bonds is 3. The van der Waals surface area contributed by atoms with Crippen LogP contribution in [-0.2, 0) is 11.2 Å². The van der Waals surface area contributed by atoms with Crippen LogP contribution in [0.1, 0.15) is 5.56 Å². The molecule has 1 heterocycles. The Balaban J connectivity index is 1.68. The van der Waals surface area contributed by atoms with E-state index in [2.05, 4.69) is 10.2 Å². The standard InChI is InChI=1S/C17H17FN2O2/c1-20-8-9-22-16-11-14(6-7-15(16)20)19-17(21)10-12-2-4-13(18)5-3-12/h2-7,11H,8-10H2,1H3,(H,19,21). The van der Waals surface area contributed by atoms with E-state index in [0.717, 1.165) is 23.5 Å². The molecule has 0 bridgehead atoms. The Morgan fingerprint density at radius 1 is 1.27 bits per heavy atom. The average molecular weight is 300 g/mol. The van der Waals surface area contributed by atoms with Crippen molar-refractivity contribution in [3.8, 4) is 5.75 Å². The van der Waals surface area contributed by atoms with E-state index in [9.17, 15) is 9.18 Å². The van der Waals surface area contributed by atoms with Gasteiger partial charge in [0.05, 0.1) is 18.7 Å². The number of carbonyl (C=O) groups excluding carboxylic acids is 1. The summed E-state index contributed by atoms with van der Waals surface area (Å²) in [6, 6.07) is 11.5. The molecule has 22 heavy (non-hydrogen) atoms.